The predicted octanol–water partition coefficient (Wildman–Crippen LogP) is 6.88. The second-order valence-corrected chi connectivity index (χ2v) is 9.03. The molecule has 1 aliphatic heterocycles. The number of nitrogens with zero attached hydrogens (tertiary/aromatic N) is 2. The van der Waals surface area contributed by atoms with Crippen LogP contribution in [0.3, 0.4) is 0 Å². The summed E-state index contributed by atoms with van der Waals surface area (Å²) in [4.78, 5) is 28.5. The molecule has 164 valence electrons. The molecular weight excluding hydrogens is 479 g/mol. The van der Waals surface area contributed by atoms with E-state index in [2.05, 4.69) is 0 Å². The lowest BCUT2D eigenvalue weighted by Crippen LogP contribution is -2.33. The highest BCUT2D eigenvalue weighted by molar-refractivity contribution is 6.34. The summed E-state index contributed by atoms with van der Waals surface area (Å²) in [6.45, 7) is 0.313. The van der Waals surface area contributed by atoms with Gasteiger partial charge in [0.15, 0.2) is 0 Å². The first-order valence-electron chi connectivity index (χ1n) is 10.3. The Balaban J connectivity index is 1.74. The fourth-order valence-corrected chi connectivity index (χ4v) is 4.67. The van der Waals surface area contributed by atoms with E-state index in [0.717, 1.165) is 16.7 Å². The van der Waals surface area contributed by atoms with Crippen molar-refractivity contribution < 1.29 is 4.79 Å². The zero-order valence-electron chi connectivity index (χ0n) is 17.2. The molecule has 0 spiro atoms. The number of aromatic nitrogens is 1. The summed E-state index contributed by atoms with van der Waals surface area (Å²) in [6.07, 6.45) is 0. The fourth-order valence-electron chi connectivity index (χ4n) is 4.20. The van der Waals surface area contributed by atoms with Crippen LogP contribution in [0.4, 0.5) is 5.82 Å². The maximum atomic E-state index is 13.9. The monoisotopic (exact) mass is 494 g/mol. The number of hydrogen-bond donors (Lipinski definition) is 0. The molecule has 0 bridgehead atoms. The number of halogens is 3. The van der Waals surface area contributed by atoms with Gasteiger partial charge in [-0.3, -0.25) is 19.1 Å². The highest BCUT2D eigenvalue weighted by Gasteiger charge is 2.38. The van der Waals surface area contributed by atoms with Crippen LogP contribution in [-0.4, -0.2) is 10.5 Å². The molecule has 7 heteroatoms. The van der Waals surface area contributed by atoms with Gasteiger partial charge in [0.25, 0.3) is 11.5 Å². The second kappa shape index (κ2) is 8.71. The first kappa shape index (κ1) is 21.8. The third kappa shape index (κ3) is 3.95. The molecule has 0 N–H and O–H groups in total. The molecule has 1 amide bonds. The average Bonchev–Trinajstić information content (AvgIpc) is 3.22. The van der Waals surface area contributed by atoms with Crippen molar-refractivity contribution in [1.82, 2.24) is 4.57 Å². The third-order valence-electron chi connectivity index (χ3n) is 5.78. The van der Waals surface area contributed by atoms with Gasteiger partial charge in [-0.25, -0.2) is 0 Å². The fraction of sp³-hybridized carbons (Fsp3) is 0.0769. The molecule has 5 rings (SSSR count). The molecule has 0 saturated heterocycles. The molecular formula is C26H17Cl3N2O2. The molecule has 0 saturated carbocycles. The molecule has 0 aliphatic carbocycles. The maximum absolute atomic E-state index is 13.9. The van der Waals surface area contributed by atoms with Crippen LogP contribution in [0.15, 0.2) is 89.7 Å². The molecule has 0 fully saturated rings. The molecule has 1 aliphatic rings. The summed E-state index contributed by atoms with van der Waals surface area (Å²) in [5.41, 5.74) is 2.64. The molecule has 0 unspecified atom stereocenters. The van der Waals surface area contributed by atoms with Gasteiger partial charge in [-0.2, -0.15) is 0 Å². The highest BCUT2D eigenvalue weighted by Crippen LogP contribution is 2.42. The van der Waals surface area contributed by atoms with Gasteiger partial charge in [-0.15, -0.1) is 0 Å². The van der Waals surface area contributed by atoms with E-state index in [-0.39, 0.29) is 11.5 Å². The van der Waals surface area contributed by atoms with E-state index in [1.807, 2.05) is 24.3 Å². The summed E-state index contributed by atoms with van der Waals surface area (Å²) in [5, 5.41) is 1.55. The average molecular weight is 496 g/mol. The van der Waals surface area contributed by atoms with E-state index in [0.29, 0.717) is 33.0 Å². The van der Waals surface area contributed by atoms with E-state index in [9.17, 15) is 9.59 Å². The zero-order chi connectivity index (χ0) is 23.1. The van der Waals surface area contributed by atoms with E-state index < -0.39 is 6.04 Å². The summed E-state index contributed by atoms with van der Waals surface area (Å²) < 4.78 is 1.64. The van der Waals surface area contributed by atoms with Crippen LogP contribution in [0.2, 0.25) is 15.1 Å². The van der Waals surface area contributed by atoms with Crippen LogP contribution in [0.1, 0.15) is 22.0 Å². The second-order valence-electron chi connectivity index (χ2n) is 7.75. The SMILES string of the molecule is O=C(c1ccccc1Cl)N1c2c(-c3ccc(Cl)cc3)ccc(=O)n2C[C@H]1c1ccc(Cl)cc1. The number of benzene rings is 3. The number of fused-ring (bicyclic) bond motifs is 1. The number of hydrogen-bond acceptors (Lipinski definition) is 2. The van der Waals surface area contributed by atoms with Crippen molar-refractivity contribution >= 4 is 46.5 Å². The minimum absolute atomic E-state index is 0.184. The van der Waals surface area contributed by atoms with Crippen molar-refractivity contribution in [3.8, 4) is 11.1 Å². The van der Waals surface area contributed by atoms with E-state index in [4.69, 9.17) is 34.8 Å². The smallest absolute Gasteiger partial charge is 0.261 e. The van der Waals surface area contributed by atoms with Crippen LogP contribution in [-0.2, 0) is 6.54 Å². The van der Waals surface area contributed by atoms with Gasteiger partial charge in [0, 0.05) is 21.7 Å². The number of anilines is 1. The molecule has 4 nitrogen and oxygen atoms in total. The topological polar surface area (TPSA) is 42.3 Å². The number of pyridine rings is 1. The Morgan fingerprint density at radius 2 is 1.42 bits per heavy atom. The Hall–Kier alpha value is -3.05. The number of rotatable bonds is 3. The van der Waals surface area contributed by atoms with Crippen molar-refractivity contribution in [3.63, 3.8) is 0 Å². The lowest BCUT2D eigenvalue weighted by atomic mass is 10.0. The highest BCUT2D eigenvalue weighted by atomic mass is 35.5. The molecule has 1 aromatic heterocycles. The Labute approximate surface area is 205 Å². The Morgan fingerprint density at radius 3 is 2.09 bits per heavy atom. The molecule has 4 aromatic rings. The lowest BCUT2D eigenvalue weighted by Gasteiger charge is -2.26. The van der Waals surface area contributed by atoms with Crippen LogP contribution in [0, 0.1) is 0 Å². The zero-order valence-corrected chi connectivity index (χ0v) is 19.5. The van der Waals surface area contributed by atoms with Crippen molar-refractivity contribution in [3.05, 3.63) is 121 Å². The van der Waals surface area contributed by atoms with Gasteiger partial charge in [-0.05, 0) is 53.6 Å². The third-order valence-corrected chi connectivity index (χ3v) is 6.62. The number of carbonyl (C=O) groups is 1. The molecule has 1 atom stereocenters. The molecule has 33 heavy (non-hydrogen) atoms. The summed E-state index contributed by atoms with van der Waals surface area (Å²) in [7, 11) is 0. The van der Waals surface area contributed by atoms with E-state index >= 15 is 0 Å². The largest absolute Gasteiger partial charge is 0.292 e. The van der Waals surface area contributed by atoms with E-state index in [1.165, 1.54) is 6.07 Å². The van der Waals surface area contributed by atoms with Crippen molar-refractivity contribution in [1.29, 1.82) is 0 Å². The summed E-state index contributed by atoms with van der Waals surface area (Å²) >= 11 is 18.6. The van der Waals surface area contributed by atoms with Crippen molar-refractivity contribution in [2.24, 2.45) is 0 Å². The number of carbonyl (C=O) groups excluding carboxylic acids is 1. The Bertz CT molecular complexity index is 1410. The summed E-state index contributed by atoms with van der Waals surface area (Å²) in [6, 6.07) is 24.4. The lowest BCUT2D eigenvalue weighted by molar-refractivity contribution is 0.0979. The molecule has 2 heterocycles. The van der Waals surface area contributed by atoms with Crippen LogP contribution in [0.5, 0.6) is 0 Å². The van der Waals surface area contributed by atoms with Crippen LogP contribution >= 0.6 is 34.8 Å². The molecule has 3 aromatic carbocycles. The predicted molar refractivity (Wildman–Crippen MR) is 134 cm³/mol. The Morgan fingerprint density at radius 1 is 0.788 bits per heavy atom. The van der Waals surface area contributed by atoms with Gasteiger partial charge in [0.1, 0.15) is 5.82 Å². The maximum Gasteiger partial charge on any atom is 0.261 e. The van der Waals surface area contributed by atoms with Crippen molar-refractivity contribution in [2.45, 2.75) is 12.6 Å². The van der Waals surface area contributed by atoms with Gasteiger partial charge in [0.05, 0.1) is 23.2 Å². The number of amides is 1. The van der Waals surface area contributed by atoms with Gasteiger partial charge < -0.3 is 0 Å². The van der Waals surface area contributed by atoms with Gasteiger partial charge in [0.2, 0.25) is 0 Å². The standard InChI is InChI=1S/C26H17Cl3N2O2/c27-18-9-5-16(6-10-18)20-13-14-24(32)30-15-23(17-7-11-19(28)12-8-17)31(25(20)30)26(33)21-3-1-2-4-22(21)29/h1-14,23H,15H2/t23-/m0/s1. The first-order valence-corrected chi connectivity index (χ1v) is 11.4. The summed E-state index contributed by atoms with van der Waals surface area (Å²) in [5.74, 6) is 0.238. The first-order chi connectivity index (χ1) is 15.9. The molecule has 0 radical (unpaired) electrons. The van der Waals surface area contributed by atoms with Crippen LogP contribution in [0.25, 0.3) is 11.1 Å². The normalized spacial score (nSPS) is 14.9. The van der Waals surface area contributed by atoms with Crippen LogP contribution < -0.4 is 10.5 Å². The van der Waals surface area contributed by atoms with Gasteiger partial charge in [-0.1, -0.05) is 71.2 Å². The minimum Gasteiger partial charge on any atom is -0.292 e. The van der Waals surface area contributed by atoms with Gasteiger partial charge >= 0.3 is 0 Å². The Kier molecular flexibility index (Phi) is 5.75. The van der Waals surface area contributed by atoms with Crippen molar-refractivity contribution in [2.75, 3.05) is 4.90 Å². The van der Waals surface area contributed by atoms with E-state index in [1.54, 1.807) is 64.1 Å². The minimum atomic E-state index is -0.410. The quantitative estimate of drug-likeness (QED) is 0.311.